The van der Waals surface area contributed by atoms with E-state index in [-0.39, 0.29) is 5.82 Å². The molecule has 4 rings (SSSR count). The van der Waals surface area contributed by atoms with Crippen LogP contribution in [0.5, 0.6) is 0 Å². The highest BCUT2D eigenvalue weighted by atomic mass is 19.1. The highest BCUT2D eigenvalue weighted by molar-refractivity contribution is 6.07. The summed E-state index contributed by atoms with van der Waals surface area (Å²) in [4.78, 5) is 28.2. The molecule has 0 aliphatic rings. The Morgan fingerprint density at radius 2 is 1.69 bits per heavy atom. The van der Waals surface area contributed by atoms with Crippen LogP contribution in [0.2, 0.25) is 0 Å². The average molecular weight is 391 g/mol. The number of benzene rings is 2. The van der Waals surface area contributed by atoms with E-state index in [0.717, 1.165) is 10.9 Å². The first-order chi connectivity index (χ1) is 14.0. The normalized spacial score (nSPS) is 10.9. The van der Waals surface area contributed by atoms with Gasteiger partial charge in [0.2, 0.25) is 0 Å². The molecule has 0 aliphatic carbocycles. The number of aromatic nitrogens is 3. The minimum atomic E-state index is -0.485. The highest BCUT2D eigenvalue weighted by Gasteiger charge is 2.20. The van der Waals surface area contributed by atoms with Crippen molar-refractivity contribution in [1.29, 1.82) is 0 Å². The van der Waals surface area contributed by atoms with E-state index >= 15 is 0 Å². The molecule has 7 nitrogen and oxygen atoms in total. The quantitative estimate of drug-likeness (QED) is 0.469. The molecule has 8 heteroatoms. The minimum Gasteiger partial charge on any atom is -0.360 e. The molecule has 0 unspecified atom stereocenters. The van der Waals surface area contributed by atoms with Crippen LogP contribution in [0.15, 0.2) is 54.7 Å². The summed E-state index contributed by atoms with van der Waals surface area (Å²) in [6.07, 6.45) is 1.59. The van der Waals surface area contributed by atoms with Crippen LogP contribution in [0, 0.1) is 19.7 Å². The summed E-state index contributed by atoms with van der Waals surface area (Å²) in [7, 11) is 0. The lowest BCUT2D eigenvalue weighted by atomic mass is 10.1. The maximum Gasteiger partial charge on any atom is 0.273 e. The molecule has 0 aliphatic heterocycles. The molecule has 2 heterocycles. The Labute approximate surface area is 165 Å². The molecule has 146 valence electrons. The summed E-state index contributed by atoms with van der Waals surface area (Å²) >= 11 is 0. The third-order valence-corrected chi connectivity index (χ3v) is 4.71. The van der Waals surface area contributed by atoms with E-state index in [1.165, 1.54) is 12.1 Å². The van der Waals surface area contributed by atoms with Crippen molar-refractivity contribution < 1.29 is 14.0 Å². The lowest BCUT2D eigenvalue weighted by Gasteiger charge is -2.08. The number of aromatic amines is 1. The Hall–Kier alpha value is -3.94. The van der Waals surface area contributed by atoms with E-state index in [0.29, 0.717) is 28.2 Å². The number of hydrazine groups is 1. The molecule has 29 heavy (non-hydrogen) atoms. The third-order valence-electron chi connectivity index (χ3n) is 4.71. The second-order valence-corrected chi connectivity index (χ2v) is 6.59. The fourth-order valence-electron chi connectivity index (χ4n) is 3.31. The van der Waals surface area contributed by atoms with E-state index in [9.17, 15) is 14.0 Å². The van der Waals surface area contributed by atoms with Gasteiger partial charge in [0.25, 0.3) is 11.8 Å². The summed E-state index contributed by atoms with van der Waals surface area (Å²) < 4.78 is 14.7. The van der Waals surface area contributed by atoms with Gasteiger partial charge in [-0.05, 0) is 44.2 Å². The van der Waals surface area contributed by atoms with Gasteiger partial charge >= 0.3 is 0 Å². The first kappa shape index (κ1) is 18.4. The van der Waals surface area contributed by atoms with Crippen LogP contribution in [0.4, 0.5) is 4.39 Å². The molecule has 2 aromatic heterocycles. The van der Waals surface area contributed by atoms with Gasteiger partial charge in [0, 0.05) is 17.1 Å². The zero-order chi connectivity index (χ0) is 20.5. The number of amides is 2. The Kier molecular flexibility index (Phi) is 4.59. The molecule has 0 spiro atoms. The van der Waals surface area contributed by atoms with Crippen molar-refractivity contribution in [3.05, 3.63) is 83.1 Å². The number of H-pyrrole nitrogens is 1. The van der Waals surface area contributed by atoms with Crippen LogP contribution in [-0.2, 0) is 0 Å². The second kappa shape index (κ2) is 7.23. The molecule has 0 fully saturated rings. The van der Waals surface area contributed by atoms with Crippen LogP contribution in [0.3, 0.4) is 0 Å². The number of hydrogen-bond donors (Lipinski definition) is 3. The number of rotatable bonds is 3. The molecule has 2 aromatic carbocycles. The summed E-state index contributed by atoms with van der Waals surface area (Å²) in [5.41, 5.74) is 8.18. The smallest absolute Gasteiger partial charge is 0.273 e. The van der Waals surface area contributed by atoms with E-state index in [2.05, 4.69) is 20.9 Å². The van der Waals surface area contributed by atoms with E-state index in [4.69, 9.17) is 0 Å². The van der Waals surface area contributed by atoms with Gasteiger partial charge in [-0.25, -0.2) is 9.07 Å². The number of carbonyl (C=O) groups is 2. The second-order valence-electron chi connectivity index (χ2n) is 6.59. The van der Waals surface area contributed by atoms with Crippen molar-refractivity contribution in [2.24, 2.45) is 0 Å². The average Bonchev–Trinajstić information content (AvgIpc) is 3.27. The molecule has 2 amide bonds. The number of nitrogens with zero attached hydrogens (tertiary/aromatic N) is 2. The maximum atomic E-state index is 13.2. The fourth-order valence-corrected chi connectivity index (χ4v) is 3.31. The first-order valence-corrected chi connectivity index (χ1v) is 8.94. The lowest BCUT2D eigenvalue weighted by molar-refractivity contribution is 0.0846. The largest absolute Gasteiger partial charge is 0.360 e. The van der Waals surface area contributed by atoms with Crippen molar-refractivity contribution >= 4 is 22.7 Å². The Balaban J connectivity index is 1.53. The summed E-state index contributed by atoms with van der Waals surface area (Å²) in [5.74, 6) is -1.27. The Bertz CT molecular complexity index is 1220. The van der Waals surface area contributed by atoms with E-state index < -0.39 is 11.8 Å². The van der Waals surface area contributed by atoms with Gasteiger partial charge in [-0.2, -0.15) is 5.10 Å². The maximum absolute atomic E-state index is 13.2. The zero-order valence-corrected chi connectivity index (χ0v) is 15.8. The Morgan fingerprint density at radius 1 is 1.00 bits per heavy atom. The summed E-state index contributed by atoms with van der Waals surface area (Å²) in [6, 6.07) is 13.2. The highest BCUT2D eigenvalue weighted by Crippen LogP contribution is 2.19. The fraction of sp³-hybridized carbons (Fsp3) is 0.0952. The minimum absolute atomic E-state index is 0.341. The molecule has 0 saturated carbocycles. The molecule has 0 bridgehead atoms. The van der Waals surface area contributed by atoms with Crippen molar-refractivity contribution in [1.82, 2.24) is 25.6 Å². The Morgan fingerprint density at radius 3 is 2.45 bits per heavy atom. The monoisotopic (exact) mass is 391 g/mol. The van der Waals surface area contributed by atoms with Gasteiger partial charge in [-0.3, -0.25) is 20.4 Å². The van der Waals surface area contributed by atoms with Gasteiger partial charge in [0.15, 0.2) is 0 Å². The van der Waals surface area contributed by atoms with Gasteiger partial charge < -0.3 is 4.98 Å². The molecule has 4 aromatic rings. The summed E-state index contributed by atoms with van der Waals surface area (Å²) in [6.45, 7) is 3.43. The first-order valence-electron chi connectivity index (χ1n) is 8.94. The molecular formula is C21H18FN5O2. The number of fused-ring (bicyclic) bond motifs is 1. The topological polar surface area (TPSA) is 91.8 Å². The van der Waals surface area contributed by atoms with Gasteiger partial charge in [0.05, 0.1) is 28.2 Å². The number of aryl methyl sites for hydroxylation is 1. The van der Waals surface area contributed by atoms with Crippen LogP contribution in [0.25, 0.3) is 16.6 Å². The van der Waals surface area contributed by atoms with Crippen molar-refractivity contribution in [3.63, 3.8) is 0 Å². The van der Waals surface area contributed by atoms with Gasteiger partial charge in [0.1, 0.15) is 5.82 Å². The van der Waals surface area contributed by atoms with E-state index in [1.807, 2.05) is 24.3 Å². The van der Waals surface area contributed by atoms with Crippen LogP contribution in [0.1, 0.15) is 32.1 Å². The molecule has 0 atom stereocenters. The number of halogens is 1. The van der Waals surface area contributed by atoms with Crippen LogP contribution in [-0.4, -0.2) is 26.6 Å². The predicted octanol–water partition coefficient (Wildman–Crippen LogP) is 3.18. The number of nitrogens with one attached hydrogen (secondary N) is 3. The molecular weight excluding hydrogens is 373 g/mol. The standard InChI is InChI=1S/C21H18FN5O2/c1-12-19(13(2)27(26-12)15-9-7-14(22)8-10-15)21(29)25-24-20(28)17-11-23-18-6-4-3-5-16(17)18/h3-11,23H,1-2H3,(H,24,28)(H,25,29). The predicted molar refractivity (Wildman–Crippen MR) is 106 cm³/mol. The number of hydrogen-bond acceptors (Lipinski definition) is 3. The van der Waals surface area contributed by atoms with Crippen molar-refractivity contribution in [3.8, 4) is 5.69 Å². The lowest BCUT2D eigenvalue weighted by Crippen LogP contribution is -2.42. The van der Waals surface area contributed by atoms with Gasteiger partial charge in [-0.15, -0.1) is 0 Å². The number of carbonyl (C=O) groups excluding carboxylic acids is 2. The van der Waals surface area contributed by atoms with Crippen molar-refractivity contribution in [2.75, 3.05) is 0 Å². The summed E-state index contributed by atoms with van der Waals surface area (Å²) in [5, 5.41) is 5.12. The number of para-hydroxylation sites is 1. The molecule has 0 radical (unpaired) electrons. The van der Waals surface area contributed by atoms with E-state index in [1.54, 1.807) is 36.9 Å². The SMILES string of the molecule is Cc1nn(-c2ccc(F)cc2)c(C)c1C(=O)NNC(=O)c1c[nH]c2ccccc12. The third kappa shape index (κ3) is 3.36. The zero-order valence-electron chi connectivity index (χ0n) is 15.8. The van der Waals surface area contributed by atoms with Crippen molar-refractivity contribution in [2.45, 2.75) is 13.8 Å². The van der Waals surface area contributed by atoms with Gasteiger partial charge in [-0.1, -0.05) is 18.2 Å². The molecule has 0 saturated heterocycles. The molecule has 3 N–H and O–H groups in total. The van der Waals surface area contributed by atoms with Crippen LogP contribution < -0.4 is 10.9 Å². The van der Waals surface area contributed by atoms with Crippen LogP contribution >= 0.6 is 0 Å².